The quantitative estimate of drug-likeness (QED) is 0.564. The minimum absolute atomic E-state index is 0.794. The Morgan fingerprint density at radius 3 is 2.46 bits per heavy atom. The van der Waals surface area contributed by atoms with E-state index in [1.807, 2.05) is 6.08 Å². The Kier molecular flexibility index (Phi) is 4.59. The van der Waals surface area contributed by atoms with E-state index < -0.39 is 0 Å². The highest BCUT2D eigenvalue weighted by Gasteiger charge is 2.15. The van der Waals surface area contributed by atoms with Crippen molar-refractivity contribution in [3.05, 3.63) is 36.5 Å². The van der Waals surface area contributed by atoms with E-state index in [4.69, 9.17) is 0 Å². The maximum Gasteiger partial charge on any atom is -0.0162 e. The van der Waals surface area contributed by atoms with Crippen LogP contribution in [0.2, 0.25) is 0 Å². The van der Waals surface area contributed by atoms with Crippen LogP contribution in [0.3, 0.4) is 0 Å². The zero-order valence-electron chi connectivity index (χ0n) is 8.63. The lowest BCUT2D eigenvalue weighted by Crippen LogP contribution is -2.07. The number of hydrogen-bond acceptors (Lipinski definition) is 0. The highest BCUT2D eigenvalue weighted by atomic mass is 14.2. The molecule has 1 rings (SSSR count). The van der Waals surface area contributed by atoms with Gasteiger partial charge in [0.15, 0.2) is 0 Å². The average molecular weight is 176 g/mol. The average Bonchev–Trinajstić information content (AvgIpc) is 2.19. The van der Waals surface area contributed by atoms with Gasteiger partial charge in [-0.3, -0.25) is 0 Å². The van der Waals surface area contributed by atoms with Crippen molar-refractivity contribution in [2.45, 2.75) is 39.0 Å². The van der Waals surface area contributed by atoms with Crippen molar-refractivity contribution < 1.29 is 0 Å². The Morgan fingerprint density at radius 1 is 1.23 bits per heavy atom. The molecular formula is C13H20. The van der Waals surface area contributed by atoms with Gasteiger partial charge in [-0.25, -0.2) is 0 Å². The van der Waals surface area contributed by atoms with Gasteiger partial charge in [-0.2, -0.15) is 0 Å². The Hall–Kier alpha value is -0.780. The molecule has 1 aliphatic carbocycles. The van der Waals surface area contributed by atoms with Crippen LogP contribution in [0.4, 0.5) is 0 Å². The second-order valence-corrected chi connectivity index (χ2v) is 3.74. The lowest BCUT2D eigenvalue weighted by Gasteiger charge is -2.22. The van der Waals surface area contributed by atoms with Gasteiger partial charge in [0.2, 0.25) is 0 Å². The molecule has 0 spiro atoms. The minimum atomic E-state index is 0.794. The van der Waals surface area contributed by atoms with E-state index in [1.165, 1.54) is 37.7 Å². The summed E-state index contributed by atoms with van der Waals surface area (Å²) in [5.41, 5.74) is 1.47. The lowest BCUT2D eigenvalue weighted by atomic mass is 9.83. The molecule has 0 aromatic heterocycles. The van der Waals surface area contributed by atoms with E-state index in [-0.39, 0.29) is 0 Å². The van der Waals surface area contributed by atoms with Gasteiger partial charge in [-0.15, -0.1) is 0 Å². The number of rotatable bonds is 3. The molecule has 1 saturated carbocycles. The molecule has 0 bridgehead atoms. The van der Waals surface area contributed by atoms with Crippen LogP contribution in [-0.2, 0) is 0 Å². The van der Waals surface area contributed by atoms with Crippen LogP contribution in [0.15, 0.2) is 36.5 Å². The topological polar surface area (TPSA) is 0 Å². The summed E-state index contributed by atoms with van der Waals surface area (Å²) in [6, 6.07) is 0. The molecule has 0 atom stereocenters. The molecule has 1 fully saturated rings. The third kappa shape index (κ3) is 3.22. The Bertz CT molecular complexity index is 202. The molecule has 0 aromatic carbocycles. The van der Waals surface area contributed by atoms with E-state index in [9.17, 15) is 0 Å². The third-order valence-corrected chi connectivity index (χ3v) is 2.75. The summed E-state index contributed by atoms with van der Waals surface area (Å²) in [6.45, 7) is 5.85. The molecule has 0 N–H and O–H groups in total. The van der Waals surface area contributed by atoms with Crippen LogP contribution >= 0.6 is 0 Å². The summed E-state index contributed by atoms with van der Waals surface area (Å²) >= 11 is 0. The maximum absolute atomic E-state index is 3.77. The summed E-state index contributed by atoms with van der Waals surface area (Å²) in [4.78, 5) is 0. The smallest absolute Gasteiger partial charge is 0.0162 e. The molecule has 0 radical (unpaired) electrons. The molecule has 0 heterocycles. The summed E-state index contributed by atoms with van der Waals surface area (Å²) in [6.07, 6.45) is 15.4. The van der Waals surface area contributed by atoms with Gasteiger partial charge < -0.3 is 0 Å². The summed E-state index contributed by atoms with van der Waals surface area (Å²) in [5.74, 6) is 0.794. The molecule has 0 unspecified atom stereocenters. The molecule has 0 heteroatoms. The maximum atomic E-state index is 3.77. The summed E-state index contributed by atoms with van der Waals surface area (Å²) in [7, 11) is 0. The zero-order valence-corrected chi connectivity index (χ0v) is 8.63. The Labute approximate surface area is 82.0 Å². The minimum Gasteiger partial charge on any atom is -0.0991 e. The van der Waals surface area contributed by atoms with Crippen LogP contribution in [0.1, 0.15) is 39.0 Å². The molecule has 1 aliphatic rings. The van der Waals surface area contributed by atoms with Crippen molar-refractivity contribution in [1.82, 2.24) is 0 Å². The predicted molar refractivity (Wildman–Crippen MR) is 59.7 cm³/mol. The second-order valence-electron chi connectivity index (χ2n) is 3.74. The summed E-state index contributed by atoms with van der Waals surface area (Å²) in [5, 5.41) is 0. The van der Waals surface area contributed by atoms with E-state index in [0.717, 1.165) is 5.92 Å². The molecular weight excluding hydrogens is 156 g/mol. The van der Waals surface area contributed by atoms with Gasteiger partial charge in [-0.05, 0) is 31.3 Å². The van der Waals surface area contributed by atoms with Crippen molar-refractivity contribution in [3.63, 3.8) is 0 Å². The lowest BCUT2D eigenvalue weighted by molar-refractivity contribution is 0.408. The van der Waals surface area contributed by atoms with E-state index in [2.05, 4.69) is 31.7 Å². The highest BCUT2D eigenvalue weighted by Crippen LogP contribution is 2.30. The normalized spacial score (nSPS) is 20.8. The van der Waals surface area contributed by atoms with Gasteiger partial charge in [0.25, 0.3) is 0 Å². The van der Waals surface area contributed by atoms with E-state index in [1.54, 1.807) is 0 Å². The highest BCUT2D eigenvalue weighted by molar-refractivity contribution is 5.25. The monoisotopic (exact) mass is 176 g/mol. The van der Waals surface area contributed by atoms with Gasteiger partial charge in [0.05, 0.1) is 0 Å². The number of hydrogen-bond donors (Lipinski definition) is 0. The van der Waals surface area contributed by atoms with Crippen LogP contribution in [0.5, 0.6) is 0 Å². The van der Waals surface area contributed by atoms with Crippen LogP contribution in [0, 0.1) is 5.92 Å². The third-order valence-electron chi connectivity index (χ3n) is 2.75. The van der Waals surface area contributed by atoms with Crippen molar-refractivity contribution in [2.75, 3.05) is 0 Å². The first-order chi connectivity index (χ1) is 6.38. The molecule has 13 heavy (non-hydrogen) atoms. The predicted octanol–water partition coefficient (Wildman–Crippen LogP) is 4.26. The molecule has 0 nitrogen and oxygen atoms in total. The Morgan fingerprint density at radius 2 is 1.92 bits per heavy atom. The largest absolute Gasteiger partial charge is 0.0991 e. The van der Waals surface area contributed by atoms with Gasteiger partial charge >= 0.3 is 0 Å². The van der Waals surface area contributed by atoms with Crippen LogP contribution in [-0.4, -0.2) is 0 Å². The summed E-state index contributed by atoms with van der Waals surface area (Å²) < 4.78 is 0. The first-order valence-corrected chi connectivity index (χ1v) is 5.33. The van der Waals surface area contributed by atoms with Crippen LogP contribution < -0.4 is 0 Å². The van der Waals surface area contributed by atoms with Gasteiger partial charge in [0, 0.05) is 0 Å². The van der Waals surface area contributed by atoms with Crippen molar-refractivity contribution >= 4 is 0 Å². The van der Waals surface area contributed by atoms with Crippen molar-refractivity contribution in [3.8, 4) is 0 Å². The van der Waals surface area contributed by atoms with Gasteiger partial charge in [-0.1, -0.05) is 50.1 Å². The van der Waals surface area contributed by atoms with Crippen LogP contribution in [0.25, 0.3) is 0 Å². The van der Waals surface area contributed by atoms with Crippen molar-refractivity contribution in [2.24, 2.45) is 5.92 Å². The Balaban J connectivity index is 2.62. The zero-order chi connectivity index (χ0) is 9.52. The first-order valence-electron chi connectivity index (χ1n) is 5.33. The SMILES string of the molecule is C=C/C=C(\C=C/C)C1CCCCC1. The van der Waals surface area contributed by atoms with Gasteiger partial charge in [0.1, 0.15) is 0 Å². The fourth-order valence-electron chi connectivity index (χ4n) is 2.09. The van der Waals surface area contributed by atoms with E-state index in [0.29, 0.717) is 0 Å². The molecule has 0 aliphatic heterocycles. The number of allylic oxidation sites excluding steroid dienone is 5. The molecule has 0 amide bonds. The first kappa shape index (κ1) is 10.3. The fourth-order valence-corrected chi connectivity index (χ4v) is 2.09. The fraction of sp³-hybridized carbons (Fsp3) is 0.538. The molecule has 0 aromatic rings. The van der Waals surface area contributed by atoms with Crippen molar-refractivity contribution in [1.29, 1.82) is 0 Å². The second kappa shape index (κ2) is 5.80. The standard InChI is InChI=1S/C13H20/c1-3-8-12(9-4-2)13-10-6-5-7-11-13/h3-4,8-9,13H,1,5-7,10-11H2,2H3/b9-4-,12-8+. The van der Waals surface area contributed by atoms with E-state index >= 15 is 0 Å². The molecule has 0 saturated heterocycles. The molecule has 72 valence electrons.